The molecule has 1 saturated heterocycles. The standard InChI is InChI=1S/C9H15NO3S.Zn/c1-6(5-14)8(11)10-4-2-3-7(10)9(12)13;/h6-7,14H,2-5H2,1H3,(H,12,13);/t6?,7-;/m0./s1. The Hall–Kier alpha value is -0.0866. The molecule has 1 fully saturated rings. The van der Waals surface area contributed by atoms with Crippen LogP contribution in [0.1, 0.15) is 19.8 Å². The number of likely N-dealkylation sites (tertiary alicyclic amines) is 1. The van der Waals surface area contributed by atoms with Crippen molar-refractivity contribution in [2.75, 3.05) is 12.3 Å². The first-order chi connectivity index (χ1) is 6.57. The Labute approximate surface area is 108 Å². The van der Waals surface area contributed by atoms with Gasteiger partial charge in [0, 0.05) is 37.7 Å². The summed E-state index contributed by atoms with van der Waals surface area (Å²) in [7, 11) is 0. The number of carboxylic acid groups (broad SMARTS) is 1. The van der Waals surface area contributed by atoms with Gasteiger partial charge in [-0.2, -0.15) is 12.6 Å². The second-order valence-corrected chi connectivity index (χ2v) is 3.98. The van der Waals surface area contributed by atoms with Gasteiger partial charge in [-0.3, -0.25) is 4.79 Å². The third-order valence-corrected chi connectivity index (χ3v) is 3.06. The summed E-state index contributed by atoms with van der Waals surface area (Å²) >= 11 is 4.03. The average Bonchev–Trinajstić information content (AvgIpc) is 2.63. The molecule has 1 N–H and O–H groups in total. The molecule has 1 rings (SSSR count). The van der Waals surface area contributed by atoms with Crippen LogP contribution in [-0.2, 0) is 29.1 Å². The predicted molar refractivity (Wildman–Crippen MR) is 55.4 cm³/mol. The van der Waals surface area contributed by atoms with Gasteiger partial charge in [-0.15, -0.1) is 0 Å². The zero-order valence-corrected chi connectivity index (χ0v) is 12.7. The molecule has 2 atom stereocenters. The Balaban J connectivity index is 0.00000196. The maximum Gasteiger partial charge on any atom is 0.326 e. The number of carbonyl (C=O) groups is 2. The van der Waals surface area contributed by atoms with E-state index in [4.69, 9.17) is 5.11 Å². The number of rotatable bonds is 3. The molecule has 15 heavy (non-hydrogen) atoms. The molecule has 4 nitrogen and oxygen atoms in total. The Bertz CT molecular complexity index is 250. The smallest absolute Gasteiger partial charge is 0.326 e. The van der Waals surface area contributed by atoms with Crippen molar-refractivity contribution in [2.45, 2.75) is 25.8 Å². The third kappa shape index (κ3) is 3.45. The molecule has 6 heteroatoms. The first kappa shape index (κ1) is 14.9. The molecule has 1 amide bonds. The van der Waals surface area contributed by atoms with Crippen molar-refractivity contribution < 1.29 is 34.2 Å². The number of hydrogen-bond donors (Lipinski definition) is 2. The minimum atomic E-state index is -0.901. The van der Waals surface area contributed by atoms with Gasteiger partial charge >= 0.3 is 5.97 Å². The number of amides is 1. The van der Waals surface area contributed by atoms with Crippen LogP contribution in [-0.4, -0.2) is 40.2 Å². The van der Waals surface area contributed by atoms with E-state index in [-0.39, 0.29) is 31.3 Å². The van der Waals surface area contributed by atoms with Crippen LogP contribution in [0.5, 0.6) is 0 Å². The van der Waals surface area contributed by atoms with Crippen molar-refractivity contribution in [2.24, 2.45) is 5.92 Å². The number of aliphatic carboxylic acids is 1. The van der Waals surface area contributed by atoms with Gasteiger partial charge in [0.1, 0.15) is 6.04 Å². The van der Waals surface area contributed by atoms with Gasteiger partial charge in [-0.25, -0.2) is 4.79 Å². The predicted octanol–water partition coefficient (Wildman–Crippen LogP) is 0.625. The fraction of sp³-hybridized carbons (Fsp3) is 0.778. The number of carboxylic acids is 1. The first-order valence-corrected chi connectivity index (χ1v) is 5.35. The van der Waals surface area contributed by atoms with E-state index < -0.39 is 12.0 Å². The minimum absolute atomic E-state index is 0. The van der Waals surface area contributed by atoms with Crippen LogP contribution in [0.25, 0.3) is 0 Å². The Morgan fingerprint density at radius 2 is 2.20 bits per heavy atom. The molecule has 1 heterocycles. The van der Waals surface area contributed by atoms with E-state index in [9.17, 15) is 9.59 Å². The van der Waals surface area contributed by atoms with Crippen molar-refractivity contribution in [3.05, 3.63) is 0 Å². The first-order valence-electron chi connectivity index (χ1n) is 4.72. The zero-order valence-electron chi connectivity index (χ0n) is 8.85. The topological polar surface area (TPSA) is 57.6 Å². The zero-order chi connectivity index (χ0) is 10.7. The summed E-state index contributed by atoms with van der Waals surface area (Å²) in [6.07, 6.45) is 1.35. The van der Waals surface area contributed by atoms with Gasteiger partial charge in [0.05, 0.1) is 0 Å². The molecule has 0 aromatic heterocycles. The van der Waals surface area contributed by atoms with Crippen molar-refractivity contribution >= 4 is 24.5 Å². The van der Waals surface area contributed by atoms with Crippen molar-refractivity contribution in [1.29, 1.82) is 0 Å². The Morgan fingerprint density at radius 1 is 1.60 bits per heavy atom. The minimum Gasteiger partial charge on any atom is -0.480 e. The van der Waals surface area contributed by atoms with E-state index in [0.717, 1.165) is 6.42 Å². The van der Waals surface area contributed by atoms with Gasteiger partial charge in [0.15, 0.2) is 0 Å². The summed E-state index contributed by atoms with van der Waals surface area (Å²) in [5.74, 6) is -0.729. The van der Waals surface area contributed by atoms with Gasteiger partial charge in [0.25, 0.3) is 0 Å². The van der Waals surface area contributed by atoms with Crippen molar-refractivity contribution in [1.82, 2.24) is 4.90 Å². The number of thiol groups is 1. The average molecular weight is 283 g/mol. The number of carbonyl (C=O) groups excluding carboxylic acids is 1. The summed E-state index contributed by atoms with van der Waals surface area (Å²) in [4.78, 5) is 24.0. The molecule has 0 saturated carbocycles. The van der Waals surface area contributed by atoms with E-state index in [1.54, 1.807) is 6.92 Å². The van der Waals surface area contributed by atoms with Crippen LogP contribution in [0.15, 0.2) is 0 Å². The molecular formula is C9H15NO3SZn. The van der Waals surface area contributed by atoms with Crippen molar-refractivity contribution in [3.63, 3.8) is 0 Å². The third-order valence-electron chi connectivity index (χ3n) is 2.52. The van der Waals surface area contributed by atoms with Crippen LogP contribution < -0.4 is 0 Å². The van der Waals surface area contributed by atoms with E-state index in [0.29, 0.717) is 18.7 Å². The quantitative estimate of drug-likeness (QED) is 0.589. The van der Waals surface area contributed by atoms with Crippen LogP contribution in [0.4, 0.5) is 0 Å². The van der Waals surface area contributed by atoms with Crippen LogP contribution in [0.3, 0.4) is 0 Å². The molecule has 1 unspecified atom stereocenters. The van der Waals surface area contributed by atoms with Gasteiger partial charge in [-0.05, 0) is 12.8 Å². The van der Waals surface area contributed by atoms with Gasteiger partial charge in [-0.1, -0.05) is 6.92 Å². The second kappa shape index (κ2) is 6.49. The Morgan fingerprint density at radius 3 is 2.67 bits per heavy atom. The van der Waals surface area contributed by atoms with Crippen LogP contribution >= 0.6 is 12.6 Å². The van der Waals surface area contributed by atoms with Gasteiger partial charge in [0.2, 0.25) is 5.91 Å². The molecule has 0 bridgehead atoms. The van der Waals surface area contributed by atoms with Crippen LogP contribution in [0, 0.1) is 5.92 Å². The molecule has 0 aromatic carbocycles. The monoisotopic (exact) mass is 281 g/mol. The van der Waals surface area contributed by atoms with E-state index in [1.807, 2.05) is 0 Å². The maximum atomic E-state index is 11.7. The largest absolute Gasteiger partial charge is 0.480 e. The molecule has 82 valence electrons. The normalized spacial score (nSPS) is 22.0. The number of hydrogen-bond acceptors (Lipinski definition) is 3. The molecule has 0 spiro atoms. The van der Waals surface area contributed by atoms with Crippen LogP contribution in [0.2, 0.25) is 0 Å². The molecular weight excluding hydrogens is 268 g/mol. The van der Waals surface area contributed by atoms with Crippen molar-refractivity contribution in [3.8, 4) is 0 Å². The Kier molecular flexibility index (Phi) is 6.45. The maximum absolute atomic E-state index is 11.7. The SMILES string of the molecule is CC(CS)C(=O)N1CCC[C@H]1C(=O)O.[Zn]. The summed E-state index contributed by atoms with van der Waals surface area (Å²) in [6.45, 7) is 2.33. The summed E-state index contributed by atoms with van der Waals surface area (Å²) < 4.78 is 0. The molecule has 0 aliphatic carbocycles. The summed E-state index contributed by atoms with van der Waals surface area (Å²) in [5.41, 5.74) is 0. The van der Waals surface area contributed by atoms with Gasteiger partial charge < -0.3 is 10.0 Å². The molecule has 0 radical (unpaired) electrons. The number of nitrogens with zero attached hydrogens (tertiary/aromatic N) is 1. The summed E-state index contributed by atoms with van der Waals surface area (Å²) in [5, 5.41) is 8.87. The second-order valence-electron chi connectivity index (χ2n) is 3.61. The molecule has 1 aliphatic heterocycles. The fourth-order valence-electron chi connectivity index (χ4n) is 1.65. The van der Waals surface area contributed by atoms with E-state index in [2.05, 4.69) is 12.6 Å². The van der Waals surface area contributed by atoms with E-state index >= 15 is 0 Å². The summed E-state index contributed by atoms with van der Waals surface area (Å²) in [6, 6.07) is -0.621. The molecule has 0 aromatic rings. The van der Waals surface area contributed by atoms with E-state index in [1.165, 1.54) is 4.90 Å². The molecule has 1 aliphatic rings. The fourth-order valence-corrected chi connectivity index (χ4v) is 1.80.